The van der Waals surface area contributed by atoms with Gasteiger partial charge in [-0.1, -0.05) is 209 Å². The van der Waals surface area contributed by atoms with Crippen molar-refractivity contribution in [2.45, 2.75) is 262 Å². The summed E-state index contributed by atoms with van der Waals surface area (Å²) < 4.78 is 17.5. The summed E-state index contributed by atoms with van der Waals surface area (Å²) in [6.45, 7) is 5.57. The Hall–Kier alpha value is -2.90. The molecule has 1 saturated heterocycles. The second-order valence-corrected chi connectivity index (χ2v) is 18.7. The zero-order valence-electron chi connectivity index (χ0n) is 43.0. The van der Waals surface area contributed by atoms with Crippen molar-refractivity contribution in [2.75, 3.05) is 13.2 Å². The van der Waals surface area contributed by atoms with Gasteiger partial charge >= 0.3 is 5.97 Å². The van der Waals surface area contributed by atoms with E-state index in [4.69, 9.17) is 14.2 Å². The molecule has 1 aliphatic rings. The molecule has 1 rings (SSSR count). The first-order chi connectivity index (χ1) is 33.2. The average molecular weight is 958 g/mol. The lowest BCUT2D eigenvalue weighted by Crippen LogP contribution is -2.61. The number of nitrogens with one attached hydrogen (secondary N) is 1. The Bertz CT molecular complexity index is 1380. The SMILES string of the molecule is CC/C=C/C=C/C=C\CCCCCCC(O)C(=O)NC(COC1OC(CO)C(O)C(O)C1OC(=O)CCCCCCCC/C=C/C=C/CCCCC)C(O)/C=C/CCCCCCCCCCCC. The molecular formula is C57H99NO10. The fourth-order valence-corrected chi connectivity index (χ4v) is 8.05. The van der Waals surface area contributed by atoms with E-state index < -0.39 is 67.4 Å². The number of allylic oxidation sites excluding steroid dienone is 11. The molecule has 68 heavy (non-hydrogen) atoms. The third-order valence-corrected chi connectivity index (χ3v) is 12.4. The van der Waals surface area contributed by atoms with Crippen LogP contribution in [0.15, 0.2) is 72.9 Å². The molecule has 11 heteroatoms. The minimum absolute atomic E-state index is 0.105. The maximum atomic E-state index is 13.3. The molecule has 0 radical (unpaired) electrons. The van der Waals surface area contributed by atoms with Gasteiger partial charge in [0.15, 0.2) is 12.4 Å². The molecular weight excluding hydrogens is 859 g/mol. The lowest BCUT2D eigenvalue weighted by Gasteiger charge is -2.41. The number of unbranched alkanes of at least 4 members (excludes halogenated alkanes) is 23. The summed E-state index contributed by atoms with van der Waals surface area (Å²) in [5.41, 5.74) is 0. The van der Waals surface area contributed by atoms with Crippen molar-refractivity contribution in [1.82, 2.24) is 5.32 Å². The highest BCUT2D eigenvalue weighted by Crippen LogP contribution is 2.26. The molecule has 1 fully saturated rings. The van der Waals surface area contributed by atoms with Crippen molar-refractivity contribution in [3.8, 4) is 0 Å². The minimum atomic E-state index is -1.62. The van der Waals surface area contributed by atoms with E-state index >= 15 is 0 Å². The van der Waals surface area contributed by atoms with E-state index in [0.29, 0.717) is 12.8 Å². The Morgan fingerprint density at radius 3 is 1.62 bits per heavy atom. The van der Waals surface area contributed by atoms with E-state index in [1.807, 2.05) is 30.4 Å². The molecule has 0 spiro atoms. The van der Waals surface area contributed by atoms with Gasteiger partial charge in [-0.3, -0.25) is 9.59 Å². The molecule has 6 N–H and O–H groups in total. The van der Waals surface area contributed by atoms with Gasteiger partial charge in [0, 0.05) is 6.42 Å². The molecule has 0 saturated carbocycles. The third-order valence-electron chi connectivity index (χ3n) is 12.4. The summed E-state index contributed by atoms with van der Waals surface area (Å²) in [4.78, 5) is 26.4. The molecule has 8 atom stereocenters. The van der Waals surface area contributed by atoms with Crippen molar-refractivity contribution >= 4 is 11.9 Å². The van der Waals surface area contributed by atoms with Gasteiger partial charge < -0.3 is 45.1 Å². The van der Waals surface area contributed by atoms with Crippen molar-refractivity contribution in [2.24, 2.45) is 0 Å². The fraction of sp³-hybridized carbons (Fsp3) is 0.754. The van der Waals surface area contributed by atoms with Gasteiger partial charge in [-0.05, 0) is 70.6 Å². The number of esters is 1. The Balaban J connectivity index is 2.78. The van der Waals surface area contributed by atoms with Crippen molar-refractivity contribution in [1.29, 1.82) is 0 Å². The predicted octanol–water partition coefficient (Wildman–Crippen LogP) is 11.7. The topological polar surface area (TPSA) is 175 Å². The first-order valence-corrected chi connectivity index (χ1v) is 27.3. The van der Waals surface area contributed by atoms with Crippen LogP contribution >= 0.6 is 0 Å². The van der Waals surface area contributed by atoms with Crippen molar-refractivity contribution < 1.29 is 49.3 Å². The molecule has 0 bridgehead atoms. The number of aliphatic hydroxyl groups excluding tert-OH is 5. The molecule has 1 heterocycles. The molecule has 11 nitrogen and oxygen atoms in total. The summed E-state index contributed by atoms with van der Waals surface area (Å²) in [5.74, 6) is -1.23. The van der Waals surface area contributed by atoms with Crippen LogP contribution in [-0.2, 0) is 23.8 Å². The maximum Gasteiger partial charge on any atom is 0.306 e. The van der Waals surface area contributed by atoms with Crippen molar-refractivity contribution in [3.05, 3.63) is 72.9 Å². The zero-order chi connectivity index (χ0) is 49.7. The first kappa shape index (κ1) is 63.1. The van der Waals surface area contributed by atoms with Crippen LogP contribution in [0.2, 0.25) is 0 Å². The van der Waals surface area contributed by atoms with Crippen LogP contribution in [0.3, 0.4) is 0 Å². The molecule has 0 aromatic heterocycles. The Morgan fingerprint density at radius 2 is 1.06 bits per heavy atom. The molecule has 1 aliphatic heterocycles. The largest absolute Gasteiger partial charge is 0.454 e. The van der Waals surface area contributed by atoms with Crippen LogP contribution in [0.1, 0.15) is 213 Å². The number of carbonyl (C=O) groups is 2. The average Bonchev–Trinajstić information content (AvgIpc) is 3.33. The quantitative estimate of drug-likeness (QED) is 0.0149. The summed E-state index contributed by atoms with van der Waals surface area (Å²) >= 11 is 0. The third kappa shape index (κ3) is 33.6. The van der Waals surface area contributed by atoms with E-state index in [2.05, 4.69) is 62.5 Å². The van der Waals surface area contributed by atoms with Crippen LogP contribution in [-0.4, -0.2) is 99.6 Å². The van der Waals surface area contributed by atoms with Crippen LogP contribution in [0.4, 0.5) is 0 Å². The predicted molar refractivity (Wildman–Crippen MR) is 278 cm³/mol. The van der Waals surface area contributed by atoms with Crippen LogP contribution in [0, 0.1) is 0 Å². The highest BCUT2D eigenvalue weighted by molar-refractivity contribution is 5.80. The Labute approximate surface area is 413 Å². The smallest absolute Gasteiger partial charge is 0.306 e. The van der Waals surface area contributed by atoms with E-state index in [1.165, 1.54) is 70.6 Å². The Kier molecular flexibility index (Phi) is 42.0. The number of hydrogen-bond donors (Lipinski definition) is 6. The monoisotopic (exact) mass is 958 g/mol. The summed E-state index contributed by atoms with van der Waals surface area (Å²) in [6.07, 6.45) is 45.2. The van der Waals surface area contributed by atoms with E-state index in [9.17, 15) is 35.1 Å². The van der Waals surface area contributed by atoms with Gasteiger partial charge in [0.05, 0.1) is 25.4 Å². The molecule has 392 valence electrons. The number of aliphatic hydroxyl groups is 5. The Morgan fingerprint density at radius 1 is 0.588 bits per heavy atom. The summed E-state index contributed by atoms with van der Waals surface area (Å²) in [5, 5.41) is 56.6. The number of amides is 1. The number of hydrogen-bond acceptors (Lipinski definition) is 10. The van der Waals surface area contributed by atoms with Gasteiger partial charge in [0.2, 0.25) is 5.91 Å². The number of ether oxygens (including phenoxy) is 3. The van der Waals surface area contributed by atoms with Gasteiger partial charge in [-0.2, -0.15) is 0 Å². The van der Waals surface area contributed by atoms with Crippen LogP contribution in [0.25, 0.3) is 0 Å². The van der Waals surface area contributed by atoms with Crippen LogP contribution < -0.4 is 5.32 Å². The highest BCUT2D eigenvalue weighted by atomic mass is 16.7. The van der Waals surface area contributed by atoms with Crippen LogP contribution in [0.5, 0.6) is 0 Å². The number of rotatable bonds is 44. The summed E-state index contributed by atoms with van der Waals surface area (Å²) in [7, 11) is 0. The molecule has 0 aromatic carbocycles. The molecule has 8 unspecified atom stereocenters. The lowest BCUT2D eigenvalue weighted by atomic mass is 9.99. The van der Waals surface area contributed by atoms with Gasteiger partial charge in [0.25, 0.3) is 0 Å². The lowest BCUT2D eigenvalue weighted by molar-refractivity contribution is -0.305. The van der Waals surface area contributed by atoms with E-state index in [0.717, 1.165) is 96.3 Å². The second kappa shape index (κ2) is 45.3. The number of carbonyl (C=O) groups excluding carboxylic acids is 2. The molecule has 1 amide bonds. The standard InChI is InChI=1S/C57H99NO10/c1-4-7-10-13-16-19-22-25-26-27-30-33-36-39-42-45-52(62)68-55-54(64)53(63)51(46-59)67-57(55)66-47-48(49(60)43-40-37-34-31-28-23-20-17-14-11-8-5-2)58-56(65)50(61)44-41-38-35-32-29-24-21-18-15-12-9-6-3/h9,12,15-16,18-19,21-22,24-25,40,43,48-51,53-55,57,59-61,63-64H,4-8,10-11,13-14,17,20,23,26-39,41-42,44-47H2,1-3H3,(H,58,65)/b12-9+,18-15+,19-16+,24-21-,25-22+,43-40+. The van der Waals surface area contributed by atoms with Crippen molar-refractivity contribution in [3.63, 3.8) is 0 Å². The van der Waals surface area contributed by atoms with E-state index in [1.54, 1.807) is 6.08 Å². The normalized spacial score (nSPS) is 20.5. The van der Waals surface area contributed by atoms with Gasteiger partial charge in [-0.25, -0.2) is 0 Å². The molecule has 0 aliphatic carbocycles. The van der Waals surface area contributed by atoms with Gasteiger partial charge in [0.1, 0.15) is 24.4 Å². The maximum absolute atomic E-state index is 13.3. The highest BCUT2D eigenvalue weighted by Gasteiger charge is 2.47. The minimum Gasteiger partial charge on any atom is -0.454 e. The second-order valence-electron chi connectivity index (χ2n) is 18.7. The van der Waals surface area contributed by atoms with Gasteiger partial charge in [-0.15, -0.1) is 0 Å². The zero-order valence-corrected chi connectivity index (χ0v) is 43.0. The van der Waals surface area contributed by atoms with E-state index in [-0.39, 0.29) is 19.4 Å². The first-order valence-electron chi connectivity index (χ1n) is 27.3. The fourth-order valence-electron chi connectivity index (χ4n) is 8.05. The molecule has 0 aromatic rings. The summed E-state index contributed by atoms with van der Waals surface area (Å²) in [6, 6.07) is -1.04.